The van der Waals surface area contributed by atoms with Crippen LogP contribution in [0.2, 0.25) is 0 Å². The van der Waals surface area contributed by atoms with Crippen LogP contribution in [0.15, 0.2) is 46.3 Å². The highest BCUT2D eigenvalue weighted by molar-refractivity contribution is 7.89. The largest absolute Gasteiger partial charge is 0.468 e. The van der Waals surface area contributed by atoms with Gasteiger partial charge in [-0.15, -0.1) is 0 Å². The number of esters is 1. The van der Waals surface area contributed by atoms with Gasteiger partial charge in [0.25, 0.3) is 5.91 Å². The summed E-state index contributed by atoms with van der Waals surface area (Å²) < 4.78 is 44.9. The van der Waals surface area contributed by atoms with Crippen molar-refractivity contribution >= 4 is 43.5 Å². The second kappa shape index (κ2) is 12.6. The Bertz CT molecular complexity index is 1430. The lowest BCUT2D eigenvalue weighted by Crippen LogP contribution is -2.36. The Hall–Kier alpha value is -2.90. The van der Waals surface area contributed by atoms with E-state index in [9.17, 15) is 18.0 Å². The summed E-state index contributed by atoms with van der Waals surface area (Å²) in [5.41, 5.74) is 3.12. The van der Waals surface area contributed by atoms with Crippen molar-refractivity contribution in [3.8, 4) is 0 Å². The topological polar surface area (TPSA) is 116 Å². The summed E-state index contributed by atoms with van der Waals surface area (Å²) in [6, 6.07) is 9.55. The van der Waals surface area contributed by atoms with E-state index in [0.717, 1.165) is 21.3 Å². The third-order valence-corrected chi connectivity index (χ3v) is 8.79. The Morgan fingerprint density at radius 2 is 1.57 bits per heavy atom. The number of nitrogens with zero attached hydrogens (tertiary/aromatic N) is 3. The standard InChI is InChI=1S/C25H31N3O7S2/c1-17-14-21-22(15-18(17)2)36-25(28(21)16-23(29)35-5)26-24(30)19-6-8-20(9-7-19)37(31,32)27(10-12-33-3)11-13-34-4/h6-9,14-15H,10-13,16H2,1-5H3. The molecule has 0 fully saturated rings. The van der Waals surface area contributed by atoms with Gasteiger partial charge in [-0.2, -0.15) is 9.30 Å². The molecule has 0 spiro atoms. The van der Waals surface area contributed by atoms with Gasteiger partial charge in [0, 0.05) is 32.9 Å². The molecule has 3 rings (SSSR count). The number of fused-ring (bicyclic) bond motifs is 1. The molecule has 0 radical (unpaired) electrons. The van der Waals surface area contributed by atoms with Crippen molar-refractivity contribution in [2.45, 2.75) is 25.3 Å². The number of carbonyl (C=O) groups excluding carboxylic acids is 2. The van der Waals surface area contributed by atoms with Crippen LogP contribution >= 0.6 is 11.3 Å². The van der Waals surface area contributed by atoms with E-state index in [1.54, 1.807) is 4.57 Å². The highest BCUT2D eigenvalue weighted by Gasteiger charge is 2.24. The van der Waals surface area contributed by atoms with Gasteiger partial charge < -0.3 is 18.8 Å². The molecule has 3 aromatic rings. The average Bonchev–Trinajstić information content (AvgIpc) is 3.19. The maximum Gasteiger partial charge on any atom is 0.325 e. The number of ether oxygens (including phenoxy) is 3. The highest BCUT2D eigenvalue weighted by Crippen LogP contribution is 2.22. The van der Waals surface area contributed by atoms with Gasteiger partial charge >= 0.3 is 5.97 Å². The van der Waals surface area contributed by atoms with Crippen molar-refractivity contribution in [1.29, 1.82) is 0 Å². The summed E-state index contributed by atoms with van der Waals surface area (Å²) in [6.07, 6.45) is 0. The van der Waals surface area contributed by atoms with E-state index in [1.165, 1.54) is 61.2 Å². The van der Waals surface area contributed by atoms with E-state index < -0.39 is 21.9 Å². The Morgan fingerprint density at radius 3 is 2.14 bits per heavy atom. The van der Waals surface area contributed by atoms with Gasteiger partial charge in [-0.05, 0) is 61.4 Å². The number of hydrogen-bond donors (Lipinski definition) is 0. The molecule has 0 bridgehead atoms. The molecule has 12 heteroatoms. The molecule has 2 aromatic carbocycles. The van der Waals surface area contributed by atoms with Crippen LogP contribution in [0.1, 0.15) is 21.5 Å². The molecule has 0 saturated carbocycles. The molecule has 200 valence electrons. The number of aryl methyl sites for hydroxylation is 2. The molecule has 10 nitrogen and oxygen atoms in total. The Balaban J connectivity index is 1.96. The zero-order chi connectivity index (χ0) is 27.2. The summed E-state index contributed by atoms with van der Waals surface area (Å²) >= 11 is 1.29. The zero-order valence-corrected chi connectivity index (χ0v) is 23.1. The van der Waals surface area contributed by atoms with Gasteiger partial charge in [0.05, 0.1) is 35.4 Å². The normalized spacial score (nSPS) is 12.4. The van der Waals surface area contributed by atoms with Crippen LogP contribution in [-0.4, -0.2) is 76.8 Å². The van der Waals surface area contributed by atoms with Gasteiger partial charge in [-0.1, -0.05) is 11.3 Å². The first-order chi connectivity index (χ1) is 17.6. The second-order valence-electron chi connectivity index (χ2n) is 8.28. The van der Waals surface area contributed by atoms with E-state index in [-0.39, 0.29) is 43.3 Å². The number of rotatable bonds is 11. The Labute approximate surface area is 220 Å². The van der Waals surface area contributed by atoms with Crippen molar-refractivity contribution in [2.24, 2.45) is 4.99 Å². The summed E-state index contributed by atoms with van der Waals surface area (Å²) in [7, 11) is 0.482. The maximum absolute atomic E-state index is 13.1. The molecule has 0 aliphatic carbocycles. The molecule has 0 N–H and O–H groups in total. The monoisotopic (exact) mass is 549 g/mol. The third kappa shape index (κ3) is 6.70. The van der Waals surface area contributed by atoms with Crippen molar-refractivity contribution < 1.29 is 32.2 Å². The number of amides is 1. The van der Waals surface area contributed by atoms with Crippen molar-refractivity contribution in [3.05, 3.63) is 57.9 Å². The van der Waals surface area contributed by atoms with Crippen LogP contribution in [0.4, 0.5) is 0 Å². The van der Waals surface area contributed by atoms with Crippen LogP contribution in [0.25, 0.3) is 10.2 Å². The van der Waals surface area contributed by atoms with E-state index in [1.807, 2.05) is 26.0 Å². The van der Waals surface area contributed by atoms with Crippen LogP contribution < -0.4 is 4.80 Å². The predicted octanol–water partition coefficient (Wildman–Crippen LogP) is 2.52. The first-order valence-electron chi connectivity index (χ1n) is 11.5. The predicted molar refractivity (Wildman–Crippen MR) is 140 cm³/mol. The number of hydrogen-bond acceptors (Lipinski definition) is 8. The average molecular weight is 550 g/mol. The Morgan fingerprint density at radius 1 is 0.973 bits per heavy atom. The lowest BCUT2D eigenvalue weighted by atomic mass is 10.1. The first kappa shape index (κ1) is 28.7. The number of benzene rings is 2. The Kier molecular flexibility index (Phi) is 9.74. The zero-order valence-electron chi connectivity index (χ0n) is 21.5. The summed E-state index contributed by atoms with van der Waals surface area (Å²) in [5.74, 6) is -1.02. The highest BCUT2D eigenvalue weighted by atomic mass is 32.2. The molecule has 1 heterocycles. The van der Waals surface area contributed by atoms with E-state index in [2.05, 4.69) is 4.99 Å². The minimum Gasteiger partial charge on any atom is -0.468 e. The van der Waals surface area contributed by atoms with Crippen LogP contribution in [0, 0.1) is 13.8 Å². The minimum atomic E-state index is -3.82. The molecule has 0 saturated heterocycles. The molecule has 1 aromatic heterocycles. The van der Waals surface area contributed by atoms with E-state index in [4.69, 9.17) is 14.2 Å². The molecular formula is C25H31N3O7S2. The number of carbonyl (C=O) groups is 2. The molecule has 0 aliphatic heterocycles. The molecule has 0 unspecified atom stereocenters. The van der Waals surface area contributed by atoms with Gasteiger partial charge in [0.1, 0.15) is 6.54 Å². The smallest absolute Gasteiger partial charge is 0.325 e. The van der Waals surface area contributed by atoms with Crippen molar-refractivity contribution in [2.75, 3.05) is 47.6 Å². The van der Waals surface area contributed by atoms with Gasteiger partial charge in [0.15, 0.2) is 4.80 Å². The SMILES string of the molecule is COCCN(CCOC)S(=O)(=O)c1ccc(C(=O)N=c2sc3cc(C)c(C)cc3n2CC(=O)OC)cc1. The van der Waals surface area contributed by atoms with Gasteiger partial charge in [-0.3, -0.25) is 9.59 Å². The molecule has 1 amide bonds. The maximum atomic E-state index is 13.1. The first-order valence-corrected chi connectivity index (χ1v) is 13.7. The fourth-order valence-electron chi connectivity index (χ4n) is 3.56. The number of thiazole rings is 1. The second-order valence-corrected chi connectivity index (χ2v) is 11.2. The quantitative estimate of drug-likeness (QED) is 0.338. The molecular weight excluding hydrogens is 518 g/mol. The number of methoxy groups -OCH3 is 3. The third-order valence-electron chi connectivity index (χ3n) is 5.84. The lowest BCUT2D eigenvalue weighted by molar-refractivity contribution is -0.141. The lowest BCUT2D eigenvalue weighted by Gasteiger charge is -2.21. The molecule has 0 aliphatic rings. The van der Waals surface area contributed by atoms with Crippen molar-refractivity contribution in [3.63, 3.8) is 0 Å². The number of aromatic nitrogens is 1. The summed E-state index contributed by atoms with van der Waals surface area (Å²) in [5, 5.41) is 0. The van der Waals surface area contributed by atoms with Gasteiger partial charge in [0.2, 0.25) is 10.0 Å². The number of sulfonamides is 1. The fourth-order valence-corrected chi connectivity index (χ4v) is 6.08. The van der Waals surface area contributed by atoms with Gasteiger partial charge in [-0.25, -0.2) is 8.42 Å². The minimum absolute atomic E-state index is 0.0461. The summed E-state index contributed by atoms with van der Waals surface area (Å²) in [6.45, 7) is 4.67. The van der Waals surface area contributed by atoms with Crippen molar-refractivity contribution in [1.82, 2.24) is 8.87 Å². The fraction of sp³-hybridized carbons (Fsp3) is 0.400. The van der Waals surface area contributed by atoms with Crippen LogP contribution in [0.5, 0.6) is 0 Å². The van der Waals surface area contributed by atoms with Crippen LogP contribution in [-0.2, 0) is 35.6 Å². The molecule has 0 atom stereocenters. The summed E-state index contributed by atoms with van der Waals surface area (Å²) in [4.78, 5) is 29.7. The van der Waals surface area contributed by atoms with Crippen LogP contribution in [0.3, 0.4) is 0 Å². The van der Waals surface area contributed by atoms with E-state index in [0.29, 0.717) is 4.80 Å². The molecule has 37 heavy (non-hydrogen) atoms. The van der Waals surface area contributed by atoms with E-state index >= 15 is 0 Å².